The van der Waals surface area contributed by atoms with Crippen LogP contribution in [0.25, 0.3) is 0 Å². The largest absolute Gasteiger partial charge is 0.497 e. The summed E-state index contributed by atoms with van der Waals surface area (Å²) in [7, 11) is 3.11. The van der Waals surface area contributed by atoms with E-state index in [1.54, 1.807) is 43.5 Å². The predicted octanol–water partition coefficient (Wildman–Crippen LogP) is 1.60. The van der Waals surface area contributed by atoms with Gasteiger partial charge >= 0.3 is 0 Å². The number of nitrogens with one attached hydrogen (secondary N) is 1. The maximum Gasteiger partial charge on any atom is 0.227 e. The van der Waals surface area contributed by atoms with Crippen LogP contribution in [-0.4, -0.2) is 63.9 Å². The van der Waals surface area contributed by atoms with E-state index in [0.717, 1.165) is 24.5 Å². The molecule has 9 nitrogen and oxygen atoms in total. The van der Waals surface area contributed by atoms with Gasteiger partial charge in [-0.3, -0.25) is 9.59 Å². The number of morpholine rings is 1. The number of methoxy groups -OCH3 is 2. The van der Waals surface area contributed by atoms with E-state index in [1.807, 2.05) is 12.1 Å². The van der Waals surface area contributed by atoms with Crippen molar-refractivity contribution in [3.8, 4) is 11.5 Å². The Labute approximate surface area is 187 Å². The van der Waals surface area contributed by atoms with Crippen molar-refractivity contribution in [1.82, 2.24) is 10.3 Å². The third kappa shape index (κ3) is 4.77. The Bertz CT molecular complexity index is 959. The van der Waals surface area contributed by atoms with Gasteiger partial charge in [-0.05, 0) is 23.8 Å². The van der Waals surface area contributed by atoms with Gasteiger partial charge in [-0.25, -0.2) is 4.98 Å². The summed E-state index contributed by atoms with van der Waals surface area (Å²) in [5.74, 6) is 1.41. The molecule has 0 aliphatic carbocycles. The second-order valence-electron chi connectivity index (χ2n) is 7.79. The topological polar surface area (TPSA) is 93.2 Å². The van der Waals surface area contributed by atoms with Crippen LogP contribution in [0.5, 0.6) is 11.5 Å². The Kier molecular flexibility index (Phi) is 6.75. The first-order chi connectivity index (χ1) is 15.6. The fourth-order valence-electron chi connectivity index (χ4n) is 3.96. The van der Waals surface area contributed by atoms with E-state index in [0.29, 0.717) is 43.5 Å². The molecule has 2 aromatic rings. The Morgan fingerprint density at radius 2 is 2.00 bits per heavy atom. The summed E-state index contributed by atoms with van der Waals surface area (Å²) in [6.45, 7) is 3.74. The van der Waals surface area contributed by atoms with E-state index >= 15 is 0 Å². The molecule has 2 fully saturated rings. The first-order valence-electron chi connectivity index (χ1n) is 10.7. The monoisotopic (exact) mass is 440 g/mol. The second-order valence-corrected chi connectivity index (χ2v) is 7.79. The van der Waals surface area contributed by atoms with Crippen molar-refractivity contribution in [3.05, 3.63) is 42.1 Å². The van der Waals surface area contributed by atoms with Crippen molar-refractivity contribution in [1.29, 1.82) is 0 Å². The molecule has 1 aromatic carbocycles. The first-order valence-corrected chi connectivity index (χ1v) is 10.7. The third-order valence-electron chi connectivity index (χ3n) is 5.78. The number of ether oxygens (including phenoxy) is 3. The van der Waals surface area contributed by atoms with Crippen molar-refractivity contribution in [2.24, 2.45) is 5.92 Å². The van der Waals surface area contributed by atoms with Gasteiger partial charge in [0.1, 0.15) is 17.3 Å². The lowest BCUT2D eigenvalue weighted by atomic mass is 10.1. The second kappa shape index (κ2) is 9.86. The maximum atomic E-state index is 12.7. The molecule has 0 unspecified atom stereocenters. The minimum Gasteiger partial charge on any atom is -0.497 e. The highest BCUT2D eigenvalue weighted by molar-refractivity contribution is 6.01. The highest BCUT2D eigenvalue weighted by atomic mass is 16.5. The molecule has 2 amide bonds. The summed E-state index contributed by atoms with van der Waals surface area (Å²) < 4.78 is 16.0. The number of benzene rings is 1. The number of aromatic nitrogens is 1. The molecular weight excluding hydrogens is 412 g/mol. The molecule has 9 heteroatoms. The number of hydrogen-bond donors (Lipinski definition) is 1. The zero-order chi connectivity index (χ0) is 22.5. The number of amides is 2. The normalized spacial score (nSPS) is 18.6. The molecule has 2 saturated heterocycles. The smallest absolute Gasteiger partial charge is 0.227 e. The van der Waals surface area contributed by atoms with E-state index in [2.05, 4.69) is 15.2 Å². The lowest BCUT2D eigenvalue weighted by Crippen LogP contribution is -2.36. The highest BCUT2D eigenvalue weighted by Gasteiger charge is 2.36. The molecule has 0 spiro atoms. The van der Waals surface area contributed by atoms with E-state index in [9.17, 15) is 9.59 Å². The molecule has 2 aliphatic heterocycles. The molecule has 3 heterocycles. The Balaban J connectivity index is 1.34. The molecule has 4 rings (SSSR count). The molecule has 0 bridgehead atoms. The fraction of sp³-hybridized carbons (Fsp3) is 0.435. The number of carbonyl (C=O) groups is 2. The SMILES string of the molecule is COc1ccc(N2C[C@H](C(=O)NCc3ccc(N4CCOCC4)nc3)CC2=O)c(OC)c1. The van der Waals surface area contributed by atoms with E-state index in [1.165, 1.54) is 0 Å². The molecule has 1 aromatic heterocycles. The molecule has 32 heavy (non-hydrogen) atoms. The van der Waals surface area contributed by atoms with Crippen molar-refractivity contribution in [3.63, 3.8) is 0 Å². The Morgan fingerprint density at radius 1 is 1.19 bits per heavy atom. The minimum atomic E-state index is -0.421. The summed E-state index contributed by atoms with van der Waals surface area (Å²) in [6.07, 6.45) is 1.94. The summed E-state index contributed by atoms with van der Waals surface area (Å²) in [4.78, 5) is 33.6. The lowest BCUT2D eigenvalue weighted by molar-refractivity contribution is -0.126. The summed E-state index contributed by atoms with van der Waals surface area (Å²) in [5.41, 5.74) is 1.55. The molecule has 1 N–H and O–H groups in total. The van der Waals surface area contributed by atoms with Crippen LogP contribution in [0.1, 0.15) is 12.0 Å². The van der Waals surface area contributed by atoms with Gasteiger partial charge in [-0.15, -0.1) is 0 Å². The average molecular weight is 441 g/mol. The Morgan fingerprint density at radius 3 is 2.69 bits per heavy atom. The van der Waals surface area contributed by atoms with Crippen molar-refractivity contribution in [2.45, 2.75) is 13.0 Å². The molecule has 0 radical (unpaired) electrons. The number of rotatable bonds is 7. The molecule has 0 saturated carbocycles. The van der Waals surface area contributed by atoms with Gasteiger partial charge in [0.25, 0.3) is 0 Å². The number of anilines is 2. The number of nitrogens with zero attached hydrogens (tertiary/aromatic N) is 3. The zero-order valence-electron chi connectivity index (χ0n) is 18.4. The van der Waals surface area contributed by atoms with Crippen LogP contribution < -0.4 is 24.6 Å². The maximum absolute atomic E-state index is 12.7. The van der Waals surface area contributed by atoms with Crippen molar-refractivity contribution < 1.29 is 23.8 Å². The van der Waals surface area contributed by atoms with Gasteiger partial charge in [0.15, 0.2) is 0 Å². The van der Waals surface area contributed by atoms with Crippen LogP contribution in [0.2, 0.25) is 0 Å². The van der Waals surface area contributed by atoms with E-state index in [-0.39, 0.29) is 18.2 Å². The van der Waals surface area contributed by atoms with Crippen LogP contribution in [0.15, 0.2) is 36.5 Å². The lowest BCUT2D eigenvalue weighted by Gasteiger charge is -2.27. The highest BCUT2D eigenvalue weighted by Crippen LogP contribution is 2.35. The number of hydrogen-bond acceptors (Lipinski definition) is 7. The quantitative estimate of drug-likeness (QED) is 0.699. The van der Waals surface area contributed by atoms with Gasteiger partial charge < -0.3 is 29.3 Å². The number of carbonyl (C=O) groups excluding carboxylic acids is 2. The van der Waals surface area contributed by atoms with Crippen LogP contribution in [0.3, 0.4) is 0 Å². The van der Waals surface area contributed by atoms with Gasteiger partial charge in [-0.1, -0.05) is 6.07 Å². The molecular formula is C23H28N4O5. The Hall–Kier alpha value is -3.33. The van der Waals surface area contributed by atoms with Crippen LogP contribution >= 0.6 is 0 Å². The summed E-state index contributed by atoms with van der Waals surface area (Å²) in [6, 6.07) is 9.20. The van der Waals surface area contributed by atoms with E-state index < -0.39 is 5.92 Å². The zero-order valence-corrected chi connectivity index (χ0v) is 18.4. The van der Waals surface area contributed by atoms with Crippen LogP contribution in [0, 0.1) is 5.92 Å². The minimum absolute atomic E-state index is 0.106. The van der Waals surface area contributed by atoms with Gasteiger partial charge in [0.05, 0.1) is 39.0 Å². The third-order valence-corrected chi connectivity index (χ3v) is 5.78. The van der Waals surface area contributed by atoms with Crippen LogP contribution in [0.4, 0.5) is 11.5 Å². The molecule has 1 atom stereocenters. The summed E-state index contributed by atoms with van der Waals surface area (Å²) in [5, 5.41) is 2.94. The fourth-order valence-corrected chi connectivity index (χ4v) is 3.96. The van der Waals surface area contributed by atoms with Crippen LogP contribution in [-0.2, 0) is 20.9 Å². The first kappa shape index (κ1) is 21.9. The van der Waals surface area contributed by atoms with E-state index in [4.69, 9.17) is 14.2 Å². The van der Waals surface area contributed by atoms with Gasteiger partial charge in [0, 0.05) is 44.9 Å². The predicted molar refractivity (Wildman–Crippen MR) is 119 cm³/mol. The average Bonchev–Trinajstić information content (AvgIpc) is 3.24. The molecule has 2 aliphatic rings. The molecule has 170 valence electrons. The van der Waals surface area contributed by atoms with Crippen molar-refractivity contribution in [2.75, 3.05) is 56.9 Å². The van der Waals surface area contributed by atoms with Crippen molar-refractivity contribution >= 4 is 23.3 Å². The summed E-state index contributed by atoms with van der Waals surface area (Å²) >= 11 is 0. The van der Waals surface area contributed by atoms with Gasteiger partial charge in [0.2, 0.25) is 11.8 Å². The van der Waals surface area contributed by atoms with Gasteiger partial charge in [-0.2, -0.15) is 0 Å². The number of pyridine rings is 1. The standard InChI is InChI=1S/C23H28N4O5/c1-30-18-4-5-19(20(12-18)31-2)27-15-17(11-22(27)28)23(29)25-14-16-3-6-21(24-13-16)26-7-9-32-10-8-26/h3-6,12-13,17H,7-11,14-15H2,1-2H3,(H,25,29)/t17-/m1/s1.